The van der Waals surface area contributed by atoms with Gasteiger partial charge >= 0.3 is 5.51 Å². The number of benzene rings is 2. The highest BCUT2D eigenvalue weighted by molar-refractivity contribution is 7.98. The Morgan fingerprint density at radius 1 is 0.850 bits per heavy atom. The Bertz CT molecular complexity index is 732. The van der Waals surface area contributed by atoms with Crippen LogP contribution in [-0.2, 0) is 0 Å². The molecule has 0 spiro atoms. The lowest BCUT2D eigenvalue weighted by Gasteiger charge is -2.11. The van der Waals surface area contributed by atoms with Crippen LogP contribution in [0.3, 0.4) is 0 Å². The smallest absolute Gasteiger partial charge is 0.276 e. The molecule has 0 N–H and O–H groups in total. The first-order valence-corrected chi connectivity index (χ1v) is 6.74. The Morgan fingerprint density at radius 2 is 1.50 bits per heavy atom. The SMILES string of the molecule is FC(F)(F)Sn1c(-c2ccccc2)cc2ccccc21. The first-order valence-electron chi connectivity index (χ1n) is 5.97. The molecule has 0 bridgehead atoms. The molecule has 1 nitrogen and oxygen atoms in total. The molecular formula is C15H10F3NS. The minimum Gasteiger partial charge on any atom is -0.276 e. The molecule has 0 fully saturated rings. The summed E-state index contributed by atoms with van der Waals surface area (Å²) in [6.45, 7) is 0. The molecule has 0 amide bonds. The maximum absolute atomic E-state index is 12.8. The maximum atomic E-state index is 12.8. The quantitative estimate of drug-likeness (QED) is 0.618. The lowest BCUT2D eigenvalue weighted by molar-refractivity contribution is -0.0333. The van der Waals surface area contributed by atoms with Crippen molar-refractivity contribution in [3.8, 4) is 11.3 Å². The normalized spacial score (nSPS) is 11.9. The predicted molar refractivity (Wildman–Crippen MR) is 76.4 cm³/mol. The highest BCUT2D eigenvalue weighted by Gasteiger charge is 2.32. The summed E-state index contributed by atoms with van der Waals surface area (Å²) >= 11 is -0.125. The molecule has 2 aromatic carbocycles. The first-order chi connectivity index (χ1) is 9.54. The van der Waals surface area contributed by atoms with Gasteiger partial charge in [0.05, 0.1) is 23.2 Å². The lowest BCUT2D eigenvalue weighted by Crippen LogP contribution is -2.05. The molecule has 1 heterocycles. The van der Waals surface area contributed by atoms with E-state index in [1.807, 2.05) is 42.5 Å². The molecule has 3 aromatic rings. The van der Waals surface area contributed by atoms with Gasteiger partial charge in [-0.1, -0.05) is 48.5 Å². The van der Waals surface area contributed by atoms with E-state index in [4.69, 9.17) is 0 Å². The van der Waals surface area contributed by atoms with Gasteiger partial charge in [0.1, 0.15) is 0 Å². The zero-order valence-corrected chi connectivity index (χ0v) is 11.1. The molecule has 3 rings (SSSR count). The number of alkyl halides is 3. The van der Waals surface area contributed by atoms with E-state index in [9.17, 15) is 13.2 Å². The van der Waals surface area contributed by atoms with Crippen LogP contribution in [0.4, 0.5) is 13.2 Å². The van der Waals surface area contributed by atoms with Crippen LogP contribution in [0.2, 0.25) is 0 Å². The standard InChI is InChI=1S/C15H10F3NS/c16-15(17,18)20-19-13-9-5-4-8-12(13)10-14(19)11-6-2-1-3-7-11/h1-10H. The number of halogens is 3. The number of rotatable bonds is 2. The van der Waals surface area contributed by atoms with E-state index in [1.165, 1.54) is 3.97 Å². The van der Waals surface area contributed by atoms with Gasteiger partial charge in [-0.15, -0.1) is 0 Å². The van der Waals surface area contributed by atoms with Crippen LogP contribution in [0.25, 0.3) is 22.2 Å². The lowest BCUT2D eigenvalue weighted by atomic mass is 10.1. The van der Waals surface area contributed by atoms with Gasteiger partial charge in [0, 0.05) is 5.39 Å². The summed E-state index contributed by atoms with van der Waals surface area (Å²) < 4.78 is 39.6. The average Bonchev–Trinajstić information content (AvgIpc) is 2.77. The molecule has 102 valence electrons. The molecule has 5 heteroatoms. The van der Waals surface area contributed by atoms with E-state index in [1.54, 1.807) is 18.2 Å². The van der Waals surface area contributed by atoms with Crippen LogP contribution in [0, 0.1) is 0 Å². The van der Waals surface area contributed by atoms with Gasteiger partial charge in [-0.3, -0.25) is 3.97 Å². The molecule has 0 unspecified atom stereocenters. The fourth-order valence-electron chi connectivity index (χ4n) is 2.14. The van der Waals surface area contributed by atoms with E-state index < -0.39 is 5.51 Å². The van der Waals surface area contributed by atoms with Crippen LogP contribution in [-0.4, -0.2) is 9.48 Å². The number of aromatic nitrogens is 1. The minimum atomic E-state index is -4.33. The van der Waals surface area contributed by atoms with E-state index >= 15 is 0 Å². The average molecular weight is 293 g/mol. The Kier molecular flexibility index (Phi) is 3.22. The van der Waals surface area contributed by atoms with E-state index in [-0.39, 0.29) is 11.9 Å². The van der Waals surface area contributed by atoms with Crippen LogP contribution >= 0.6 is 11.9 Å². The summed E-state index contributed by atoms with van der Waals surface area (Å²) in [5, 5.41) is 0.795. The molecule has 0 radical (unpaired) electrons. The van der Waals surface area contributed by atoms with Crippen molar-refractivity contribution in [3.05, 3.63) is 60.7 Å². The number of fused-ring (bicyclic) bond motifs is 1. The van der Waals surface area contributed by atoms with Crippen molar-refractivity contribution in [2.24, 2.45) is 0 Å². The fraction of sp³-hybridized carbons (Fsp3) is 0.0667. The van der Waals surface area contributed by atoms with Crippen LogP contribution in [0.1, 0.15) is 0 Å². The molecule has 0 atom stereocenters. The fourth-order valence-corrected chi connectivity index (χ4v) is 2.87. The number of para-hydroxylation sites is 1. The molecule has 0 saturated heterocycles. The Labute approximate surface area is 118 Å². The number of nitrogens with zero attached hydrogens (tertiary/aromatic N) is 1. The second-order valence-corrected chi connectivity index (χ2v) is 5.30. The minimum absolute atomic E-state index is 0.125. The van der Waals surface area contributed by atoms with Crippen molar-refractivity contribution in [1.29, 1.82) is 0 Å². The third kappa shape index (κ3) is 2.54. The van der Waals surface area contributed by atoms with Crippen molar-refractivity contribution < 1.29 is 13.2 Å². The third-order valence-electron chi connectivity index (χ3n) is 2.93. The highest BCUT2D eigenvalue weighted by atomic mass is 32.2. The summed E-state index contributed by atoms with van der Waals surface area (Å²) in [7, 11) is 0. The van der Waals surface area contributed by atoms with Gasteiger partial charge in [-0.05, 0) is 17.7 Å². The van der Waals surface area contributed by atoms with E-state index in [2.05, 4.69) is 0 Å². The second-order valence-electron chi connectivity index (χ2n) is 4.29. The largest absolute Gasteiger partial charge is 0.462 e. The monoisotopic (exact) mass is 293 g/mol. The van der Waals surface area contributed by atoms with Gasteiger partial charge in [0.25, 0.3) is 0 Å². The molecule has 1 aromatic heterocycles. The van der Waals surface area contributed by atoms with E-state index in [0.717, 1.165) is 10.9 Å². The summed E-state index contributed by atoms with van der Waals surface area (Å²) in [6.07, 6.45) is 0. The van der Waals surface area contributed by atoms with Gasteiger partial charge in [0.15, 0.2) is 0 Å². The topological polar surface area (TPSA) is 4.93 Å². The van der Waals surface area contributed by atoms with Crippen LogP contribution < -0.4 is 0 Å². The Hall–Kier alpha value is -1.88. The van der Waals surface area contributed by atoms with Crippen molar-refractivity contribution in [2.45, 2.75) is 5.51 Å². The van der Waals surface area contributed by atoms with Crippen LogP contribution in [0.15, 0.2) is 60.7 Å². The van der Waals surface area contributed by atoms with Gasteiger partial charge in [-0.25, -0.2) is 0 Å². The van der Waals surface area contributed by atoms with Crippen LogP contribution in [0.5, 0.6) is 0 Å². The summed E-state index contributed by atoms with van der Waals surface area (Å²) in [6, 6.07) is 17.9. The zero-order chi connectivity index (χ0) is 14.2. The van der Waals surface area contributed by atoms with Crippen molar-refractivity contribution in [2.75, 3.05) is 0 Å². The van der Waals surface area contributed by atoms with Crippen molar-refractivity contribution >= 4 is 22.9 Å². The summed E-state index contributed by atoms with van der Waals surface area (Å²) in [5.41, 5.74) is -2.45. The molecule has 20 heavy (non-hydrogen) atoms. The molecule has 0 aliphatic rings. The van der Waals surface area contributed by atoms with Crippen molar-refractivity contribution in [1.82, 2.24) is 3.97 Å². The predicted octanol–water partition coefficient (Wildman–Crippen LogP) is 5.32. The molecular weight excluding hydrogens is 283 g/mol. The number of hydrogen-bond acceptors (Lipinski definition) is 1. The second kappa shape index (κ2) is 4.90. The number of hydrogen-bond donors (Lipinski definition) is 0. The van der Waals surface area contributed by atoms with Gasteiger partial charge < -0.3 is 0 Å². The maximum Gasteiger partial charge on any atom is 0.462 e. The Morgan fingerprint density at radius 3 is 2.20 bits per heavy atom. The molecule has 0 saturated carbocycles. The van der Waals surface area contributed by atoms with Gasteiger partial charge in [-0.2, -0.15) is 13.2 Å². The summed E-state index contributed by atoms with van der Waals surface area (Å²) in [4.78, 5) is 0. The molecule has 0 aliphatic heterocycles. The summed E-state index contributed by atoms with van der Waals surface area (Å²) in [5.74, 6) is 0. The highest BCUT2D eigenvalue weighted by Crippen LogP contribution is 2.39. The van der Waals surface area contributed by atoms with Crippen molar-refractivity contribution in [3.63, 3.8) is 0 Å². The van der Waals surface area contributed by atoms with E-state index in [0.29, 0.717) is 11.2 Å². The third-order valence-corrected chi connectivity index (χ3v) is 3.71. The first kappa shape index (κ1) is 13.1. The van der Waals surface area contributed by atoms with Gasteiger partial charge in [0.2, 0.25) is 0 Å². The Balaban J connectivity index is 2.23. The molecule has 0 aliphatic carbocycles. The zero-order valence-electron chi connectivity index (χ0n) is 10.3.